The van der Waals surface area contributed by atoms with Gasteiger partial charge < -0.3 is 14.8 Å². The standard InChI is InChI=1S/C15H18ClN3O2/c1-20-10-12(21-2)9-17-14-8-13(16)18-15(19-14)11-6-4-3-5-7-11/h3-8,12H,9-10H2,1-2H3,(H,17,18,19). The third-order valence-corrected chi connectivity index (χ3v) is 3.12. The van der Waals surface area contributed by atoms with Crippen molar-refractivity contribution in [3.63, 3.8) is 0 Å². The summed E-state index contributed by atoms with van der Waals surface area (Å²) in [4.78, 5) is 8.71. The fourth-order valence-corrected chi connectivity index (χ4v) is 2.02. The third-order valence-electron chi connectivity index (χ3n) is 2.92. The van der Waals surface area contributed by atoms with Crippen LogP contribution in [0.25, 0.3) is 11.4 Å². The molecule has 0 saturated carbocycles. The topological polar surface area (TPSA) is 56.3 Å². The lowest BCUT2D eigenvalue weighted by Gasteiger charge is -2.15. The lowest BCUT2D eigenvalue weighted by molar-refractivity contribution is 0.0365. The zero-order valence-electron chi connectivity index (χ0n) is 12.0. The largest absolute Gasteiger partial charge is 0.382 e. The highest BCUT2D eigenvalue weighted by Gasteiger charge is 2.09. The van der Waals surface area contributed by atoms with E-state index in [0.29, 0.717) is 29.9 Å². The van der Waals surface area contributed by atoms with Crippen LogP contribution in [-0.4, -0.2) is 43.4 Å². The van der Waals surface area contributed by atoms with Crippen molar-refractivity contribution in [2.45, 2.75) is 6.10 Å². The van der Waals surface area contributed by atoms with Gasteiger partial charge in [-0.25, -0.2) is 9.97 Å². The third kappa shape index (κ3) is 4.67. The minimum absolute atomic E-state index is 0.0519. The molecule has 1 atom stereocenters. The summed E-state index contributed by atoms with van der Waals surface area (Å²) < 4.78 is 10.4. The lowest BCUT2D eigenvalue weighted by Crippen LogP contribution is -2.26. The average Bonchev–Trinajstić information content (AvgIpc) is 2.52. The minimum Gasteiger partial charge on any atom is -0.382 e. The molecule has 2 rings (SSSR count). The van der Waals surface area contributed by atoms with E-state index in [2.05, 4.69) is 15.3 Å². The van der Waals surface area contributed by atoms with Gasteiger partial charge in [0.25, 0.3) is 0 Å². The van der Waals surface area contributed by atoms with Gasteiger partial charge in [0.1, 0.15) is 11.0 Å². The first kappa shape index (κ1) is 15.7. The SMILES string of the molecule is COCC(CNc1cc(Cl)nc(-c2ccccc2)n1)OC. The number of nitrogens with one attached hydrogen (secondary N) is 1. The number of nitrogens with zero attached hydrogens (tertiary/aromatic N) is 2. The van der Waals surface area contributed by atoms with E-state index >= 15 is 0 Å². The molecule has 6 heteroatoms. The number of rotatable bonds is 7. The Hall–Kier alpha value is -1.69. The number of ether oxygens (including phenoxy) is 2. The Morgan fingerprint density at radius 3 is 2.62 bits per heavy atom. The van der Waals surface area contributed by atoms with Crippen LogP contribution in [0.4, 0.5) is 5.82 Å². The molecule has 1 aromatic heterocycles. The summed E-state index contributed by atoms with van der Waals surface area (Å²) in [5, 5.41) is 3.59. The van der Waals surface area contributed by atoms with Gasteiger partial charge in [0.15, 0.2) is 5.82 Å². The molecule has 1 unspecified atom stereocenters. The molecule has 0 aliphatic carbocycles. The number of hydrogen-bond acceptors (Lipinski definition) is 5. The Labute approximate surface area is 129 Å². The summed E-state index contributed by atoms with van der Waals surface area (Å²) in [7, 11) is 3.29. The highest BCUT2D eigenvalue weighted by Crippen LogP contribution is 2.20. The molecule has 0 saturated heterocycles. The first-order chi connectivity index (χ1) is 10.2. The summed E-state index contributed by atoms with van der Waals surface area (Å²) in [5.74, 6) is 1.25. The quantitative estimate of drug-likeness (QED) is 0.797. The molecule has 112 valence electrons. The summed E-state index contributed by atoms with van der Waals surface area (Å²) in [6.45, 7) is 1.08. The van der Waals surface area contributed by atoms with E-state index in [0.717, 1.165) is 5.56 Å². The first-order valence-electron chi connectivity index (χ1n) is 6.58. The fourth-order valence-electron chi connectivity index (χ4n) is 1.84. The maximum Gasteiger partial charge on any atom is 0.163 e. The summed E-state index contributed by atoms with van der Waals surface area (Å²) in [6.07, 6.45) is -0.0519. The molecule has 1 heterocycles. The first-order valence-corrected chi connectivity index (χ1v) is 6.96. The summed E-state index contributed by atoms with van der Waals surface area (Å²) in [6, 6.07) is 11.4. The smallest absolute Gasteiger partial charge is 0.163 e. The van der Waals surface area contributed by atoms with Crippen molar-refractivity contribution < 1.29 is 9.47 Å². The van der Waals surface area contributed by atoms with E-state index in [4.69, 9.17) is 21.1 Å². The highest BCUT2D eigenvalue weighted by molar-refractivity contribution is 6.29. The van der Waals surface area contributed by atoms with Gasteiger partial charge in [-0.2, -0.15) is 0 Å². The van der Waals surface area contributed by atoms with Gasteiger partial charge in [-0.15, -0.1) is 0 Å². The van der Waals surface area contributed by atoms with E-state index in [1.54, 1.807) is 20.3 Å². The molecule has 0 fully saturated rings. The zero-order chi connectivity index (χ0) is 15.1. The summed E-state index contributed by atoms with van der Waals surface area (Å²) >= 11 is 6.06. The predicted molar refractivity (Wildman–Crippen MR) is 83.6 cm³/mol. The van der Waals surface area contributed by atoms with Crippen LogP contribution in [0.3, 0.4) is 0 Å². The molecule has 0 amide bonds. The highest BCUT2D eigenvalue weighted by atomic mass is 35.5. The van der Waals surface area contributed by atoms with Crippen LogP contribution in [0.1, 0.15) is 0 Å². The molecule has 1 aromatic carbocycles. The van der Waals surface area contributed by atoms with E-state index in [9.17, 15) is 0 Å². The van der Waals surface area contributed by atoms with Crippen LogP contribution in [-0.2, 0) is 9.47 Å². The van der Waals surface area contributed by atoms with Gasteiger partial charge in [0, 0.05) is 32.4 Å². The Morgan fingerprint density at radius 2 is 1.95 bits per heavy atom. The molecule has 2 aromatic rings. The van der Waals surface area contributed by atoms with Crippen LogP contribution in [0.5, 0.6) is 0 Å². The zero-order valence-corrected chi connectivity index (χ0v) is 12.8. The van der Waals surface area contributed by atoms with E-state index in [1.165, 1.54) is 0 Å². The minimum atomic E-state index is -0.0519. The lowest BCUT2D eigenvalue weighted by atomic mass is 10.2. The Morgan fingerprint density at radius 1 is 1.19 bits per heavy atom. The van der Waals surface area contributed by atoms with Gasteiger partial charge in [0.05, 0.1) is 12.7 Å². The van der Waals surface area contributed by atoms with Crippen molar-refractivity contribution in [2.75, 3.05) is 32.7 Å². The van der Waals surface area contributed by atoms with Crippen LogP contribution >= 0.6 is 11.6 Å². The van der Waals surface area contributed by atoms with Gasteiger partial charge in [-0.05, 0) is 0 Å². The van der Waals surface area contributed by atoms with Crippen LogP contribution in [0.15, 0.2) is 36.4 Å². The van der Waals surface area contributed by atoms with Gasteiger partial charge >= 0.3 is 0 Å². The maximum absolute atomic E-state index is 6.06. The van der Waals surface area contributed by atoms with Crippen molar-refractivity contribution in [1.82, 2.24) is 9.97 Å². The van der Waals surface area contributed by atoms with Gasteiger partial charge in [0.2, 0.25) is 0 Å². The predicted octanol–water partition coefficient (Wildman–Crippen LogP) is 2.87. The molecule has 21 heavy (non-hydrogen) atoms. The molecule has 0 bridgehead atoms. The van der Waals surface area contributed by atoms with Crippen LogP contribution in [0.2, 0.25) is 5.15 Å². The second kappa shape index (κ2) is 7.93. The van der Waals surface area contributed by atoms with Crippen molar-refractivity contribution in [2.24, 2.45) is 0 Å². The monoisotopic (exact) mass is 307 g/mol. The normalized spacial score (nSPS) is 12.1. The molecule has 0 spiro atoms. The van der Waals surface area contributed by atoms with Crippen molar-refractivity contribution in [3.8, 4) is 11.4 Å². The second-order valence-electron chi connectivity index (χ2n) is 4.46. The number of aromatic nitrogens is 2. The summed E-state index contributed by atoms with van der Waals surface area (Å²) in [5.41, 5.74) is 0.920. The van der Waals surface area contributed by atoms with Crippen LogP contribution < -0.4 is 5.32 Å². The second-order valence-corrected chi connectivity index (χ2v) is 4.85. The number of methoxy groups -OCH3 is 2. The molecule has 0 radical (unpaired) electrons. The molecular weight excluding hydrogens is 290 g/mol. The van der Waals surface area contributed by atoms with E-state index in [-0.39, 0.29) is 6.10 Å². The van der Waals surface area contributed by atoms with E-state index in [1.807, 2.05) is 30.3 Å². The number of halogens is 1. The van der Waals surface area contributed by atoms with Gasteiger partial charge in [-0.1, -0.05) is 41.9 Å². The Kier molecular flexibility index (Phi) is 5.92. The van der Waals surface area contributed by atoms with Crippen LogP contribution in [0, 0.1) is 0 Å². The van der Waals surface area contributed by atoms with Crippen molar-refractivity contribution in [1.29, 1.82) is 0 Å². The Bertz CT molecular complexity index is 566. The molecular formula is C15H18ClN3O2. The molecule has 0 aliphatic rings. The van der Waals surface area contributed by atoms with Gasteiger partial charge in [-0.3, -0.25) is 0 Å². The van der Waals surface area contributed by atoms with E-state index < -0.39 is 0 Å². The molecule has 0 aliphatic heterocycles. The average molecular weight is 308 g/mol. The number of benzene rings is 1. The van der Waals surface area contributed by atoms with Crippen molar-refractivity contribution >= 4 is 17.4 Å². The molecule has 1 N–H and O–H groups in total. The Balaban J connectivity index is 2.12. The molecule has 5 nitrogen and oxygen atoms in total. The fraction of sp³-hybridized carbons (Fsp3) is 0.333. The van der Waals surface area contributed by atoms with Crippen molar-refractivity contribution in [3.05, 3.63) is 41.6 Å². The number of hydrogen-bond donors (Lipinski definition) is 1. The number of anilines is 1. The maximum atomic E-state index is 6.06.